The van der Waals surface area contributed by atoms with Gasteiger partial charge in [0.25, 0.3) is 5.56 Å². The number of aromatic nitrogens is 2. The normalized spacial score (nSPS) is 11.2. The third-order valence-corrected chi connectivity index (χ3v) is 4.10. The third-order valence-electron chi connectivity index (χ3n) is 3.04. The quantitative estimate of drug-likeness (QED) is 0.711. The van der Waals surface area contributed by atoms with Crippen LogP contribution in [-0.2, 0) is 6.54 Å². The first-order valence-electron chi connectivity index (χ1n) is 5.67. The average molecular weight is 260 g/mol. The summed E-state index contributed by atoms with van der Waals surface area (Å²) in [5.41, 5.74) is 1.89. The first kappa shape index (κ1) is 11.2. The van der Waals surface area contributed by atoms with Crippen molar-refractivity contribution in [3.8, 4) is 0 Å². The minimum Gasteiger partial charge on any atom is -0.361 e. The van der Waals surface area contributed by atoms with Gasteiger partial charge in [0.05, 0.1) is 22.3 Å². The highest BCUT2D eigenvalue weighted by molar-refractivity contribution is 7.13. The van der Waals surface area contributed by atoms with Gasteiger partial charge in [-0.05, 0) is 26.0 Å². The maximum absolute atomic E-state index is 12.2. The van der Waals surface area contributed by atoms with Crippen LogP contribution in [0.4, 0.5) is 0 Å². The van der Waals surface area contributed by atoms with Gasteiger partial charge >= 0.3 is 0 Å². The second-order valence-corrected chi connectivity index (χ2v) is 5.30. The lowest BCUT2D eigenvalue weighted by molar-refractivity contribution is 0.392. The molecule has 0 N–H and O–H groups in total. The maximum atomic E-state index is 12.2. The van der Waals surface area contributed by atoms with Gasteiger partial charge in [0.15, 0.2) is 0 Å². The molecular formula is C13H12N2O2S. The molecule has 0 atom stereocenters. The summed E-state index contributed by atoms with van der Waals surface area (Å²) >= 11 is 1.47. The van der Waals surface area contributed by atoms with Gasteiger partial charge in [-0.1, -0.05) is 28.8 Å². The van der Waals surface area contributed by atoms with Gasteiger partial charge in [-0.15, -0.1) is 0 Å². The molecule has 0 aliphatic carbocycles. The molecule has 2 heterocycles. The van der Waals surface area contributed by atoms with E-state index < -0.39 is 0 Å². The number of hydrogen-bond acceptors (Lipinski definition) is 4. The molecule has 2 aromatic heterocycles. The lowest BCUT2D eigenvalue weighted by Crippen LogP contribution is -2.14. The Bertz CT molecular complexity index is 747. The molecule has 1 aromatic carbocycles. The average Bonchev–Trinajstić information content (AvgIpc) is 2.85. The lowest BCUT2D eigenvalue weighted by Gasteiger charge is -1.98. The predicted molar refractivity (Wildman–Crippen MR) is 71.2 cm³/mol. The van der Waals surface area contributed by atoms with Crippen molar-refractivity contribution in [3.05, 3.63) is 51.6 Å². The van der Waals surface area contributed by atoms with Crippen LogP contribution in [0.2, 0.25) is 0 Å². The molecule has 0 radical (unpaired) electrons. The molecule has 0 aliphatic heterocycles. The lowest BCUT2D eigenvalue weighted by atomic mass is 10.2. The van der Waals surface area contributed by atoms with Crippen molar-refractivity contribution in [2.45, 2.75) is 20.4 Å². The number of hydrogen-bond donors (Lipinski definition) is 0. The molecule has 0 amide bonds. The molecule has 0 spiro atoms. The van der Waals surface area contributed by atoms with Crippen LogP contribution in [0.25, 0.3) is 10.1 Å². The van der Waals surface area contributed by atoms with E-state index in [9.17, 15) is 4.79 Å². The Morgan fingerprint density at radius 3 is 2.78 bits per heavy atom. The number of nitrogens with zero attached hydrogens (tertiary/aromatic N) is 2. The van der Waals surface area contributed by atoms with Gasteiger partial charge in [0.1, 0.15) is 5.76 Å². The van der Waals surface area contributed by atoms with E-state index in [4.69, 9.17) is 4.52 Å². The summed E-state index contributed by atoms with van der Waals surface area (Å²) in [6, 6.07) is 7.65. The molecule has 3 aromatic rings. The Labute approximate surface area is 108 Å². The fraction of sp³-hybridized carbons (Fsp3) is 0.231. The molecule has 4 nitrogen and oxygen atoms in total. The maximum Gasteiger partial charge on any atom is 0.268 e. The molecule has 18 heavy (non-hydrogen) atoms. The highest BCUT2D eigenvalue weighted by Crippen LogP contribution is 2.19. The van der Waals surface area contributed by atoms with E-state index in [1.165, 1.54) is 11.5 Å². The van der Waals surface area contributed by atoms with Crippen molar-refractivity contribution >= 4 is 21.6 Å². The van der Waals surface area contributed by atoms with Gasteiger partial charge in [-0.2, -0.15) is 0 Å². The van der Waals surface area contributed by atoms with Gasteiger partial charge in [-0.25, -0.2) is 0 Å². The summed E-state index contributed by atoms with van der Waals surface area (Å²) in [4.78, 5) is 12.2. The fourth-order valence-electron chi connectivity index (χ4n) is 1.99. The number of fused-ring (bicyclic) bond motifs is 1. The van der Waals surface area contributed by atoms with Gasteiger partial charge < -0.3 is 4.52 Å². The molecule has 0 bridgehead atoms. The van der Waals surface area contributed by atoms with Gasteiger partial charge in [-0.3, -0.25) is 8.75 Å². The SMILES string of the molecule is Cc1noc(C)c1Cn1sc2ccccc2c1=O. The Balaban J connectivity index is 2.11. The second kappa shape index (κ2) is 4.10. The van der Waals surface area contributed by atoms with Crippen molar-refractivity contribution in [3.63, 3.8) is 0 Å². The Morgan fingerprint density at radius 2 is 2.11 bits per heavy atom. The van der Waals surface area contributed by atoms with Crippen molar-refractivity contribution in [2.75, 3.05) is 0 Å². The van der Waals surface area contributed by atoms with Gasteiger partial charge in [0.2, 0.25) is 0 Å². The zero-order chi connectivity index (χ0) is 12.7. The zero-order valence-corrected chi connectivity index (χ0v) is 11.0. The summed E-state index contributed by atoms with van der Waals surface area (Å²) in [6.45, 7) is 4.29. The smallest absolute Gasteiger partial charge is 0.268 e. The van der Waals surface area contributed by atoms with Crippen LogP contribution in [0.1, 0.15) is 17.0 Å². The van der Waals surface area contributed by atoms with Crippen LogP contribution in [0.3, 0.4) is 0 Å². The molecular weight excluding hydrogens is 248 g/mol. The van der Waals surface area contributed by atoms with Crippen molar-refractivity contribution in [2.24, 2.45) is 0 Å². The van der Waals surface area contributed by atoms with E-state index in [0.29, 0.717) is 6.54 Å². The minimum atomic E-state index is 0.0515. The molecule has 0 fully saturated rings. The second-order valence-electron chi connectivity index (χ2n) is 4.23. The van der Waals surface area contributed by atoms with E-state index in [1.54, 1.807) is 3.96 Å². The van der Waals surface area contributed by atoms with E-state index in [-0.39, 0.29) is 5.56 Å². The van der Waals surface area contributed by atoms with Crippen LogP contribution < -0.4 is 5.56 Å². The van der Waals surface area contributed by atoms with E-state index >= 15 is 0 Å². The summed E-state index contributed by atoms with van der Waals surface area (Å²) in [7, 11) is 0. The summed E-state index contributed by atoms with van der Waals surface area (Å²) in [5, 5.41) is 4.68. The molecule has 0 saturated carbocycles. The topological polar surface area (TPSA) is 48.0 Å². The Hall–Kier alpha value is -1.88. The molecule has 0 aliphatic rings. The van der Waals surface area contributed by atoms with Crippen LogP contribution in [-0.4, -0.2) is 9.11 Å². The first-order valence-corrected chi connectivity index (χ1v) is 6.45. The van der Waals surface area contributed by atoms with E-state index in [2.05, 4.69) is 5.16 Å². The Kier molecular flexibility index (Phi) is 2.56. The van der Waals surface area contributed by atoms with Crippen LogP contribution in [0.5, 0.6) is 0 Å². The third kappa shape index (κ3) is 1.67. The van der Waals surface area contributed by atoms with Crippen LogP contribution in [0.15, 0.2) is 33.6 Å². The summed E-state index contributed by atoms with van der Waals surface area (Å²) in [6.07, 6.45) is 0. The Morgan fingerprint density at radius 1 is 1.33 bits per heavy atom. The standard InChI is InChI=1S/C13H12N2O2S/c1-8-11(9(2)17-14-8)7-15-13(16)10-5-3-4-6-12(10)18-15/h3-6H,7H2,1-2H3. The largest absolute Gasteiger partial charge is 0.361 e. The zero-order valence-electron chi connectivity index (χ0n) is 10.1. The molecule has 5 heteroatoms. The minimum absolute atomic E-state index is 0.0515. The van der Waals surface area contributed by atoms with E-state index in [1.807, 2.05) is 38.1 Å². The van der Waals surface area contributed by atoms with Crippen molar-refractivity contribution < 1.29 is 4.52 Å². The molecule has 3 rings (SSSR count). The highest BCUT2D eigenvalue weighted by Gasteiger charge is 2.13. The summed E-state index contributed by atoms with van der Waals surface area (Å²) < 4.78 is 7.88. The fourth-order valence-corrected chi connectivity index (χ4v) is 3.00. The molecule has 92 valence electrons. The molecule has 0 saturated heterocycles. The van der Waals surface area contributed by atoms with Gasteiger partial charge in [0, 0.05) is 5.56 Å². The predicted octanol–water partition coefficient (Wildman–Crippen LogP) is 2.72. The van der Waals surface area contributed by atoms with Crippen LogP contribution >= 0.6 is 11.5 Å². The van der Waals surface area contributed by atoms with Crippen molar-refractivity contribution in [1.82, 2.24) is 9.11 Å². The number of aryl methyl sites for hydroxylation is 2. The number of benzene rings is 1. The summed E-state index contributed by atoms with van der Waals surface area (Å²) in [5.74, 6) is 0.775. The first-order chi connectivity index (χ1) is 8.66. The van der Waals surface area contributed by atoms with E-state index in [0.717, 1.165) is 27.1 Å². The van der Waals surface area contributed by atoms with Crippen LogP contribution in [0, 0.1) is 13.8 Å². The molecule has 0 unspecified atom stereocenters. The van der Waals surface area contributed by atoms with Crippen molar-refractivity contribution in [1.29, 1.82) is 0 Å². The highest BCUT2D eigenvalue weighted by atomic mass is 32.1. The monoisotopic (exact) mass is 260 g/mol. The number of rotatable bonds is 2.